The summed E-state index contributed by atoms with van der Waals surface area (Å²) in [5, 5.41) is 40.3. The molecule has 17 heavy (non-hydrogen) atoms. The van der Waals surface area contributed by atoms with Crippen molar-refractivity contribution in [2.75, 3.05) is 19.6 Å². The van der Waals surface area contributed by atoms with Crippen LogP contribution in [0, 0.1) is 30.3 Å². The Morgan fingerprint density at radius 1 is 0.882 bits per heavy atom. The van der Waals surface area contributed by atoms with Crippen LogP contribution < -0.4 is 0 Å². The lowest BCUT2D eigenvalue weighted by Gasteiger charge is -2.21. The molecule has 0 saturated heterocycles. The Hall–Kier alpha value is -1.84. The second-order valence-corrected chi connectivity index (χ2v) is 3.68. The molecule has 0 spiro atoms. The van der Waals surface area contributed by atoms with E-state index in [1.807, 2.05) is 0 Å². The predicted octanol–water partition coefficient (Wildman–Crippen LogP) is -0.282. The molecule has 10 nitrogen and oxygen atoms in total. The molecule has 0 amide bonds. The van der Waals surface area contributed by atoms with E-state index in [9.17, 15) is 35.4 Å². The number of nitrogens with zero attached hydrogens (tertiary/aromatic N) is 3. The molecule has 1 atom stereocenters. The summed E-state index contributed by atoms with van der Waals surface area (Å²) in [7, 11) is 0. The van der Waals surface area contributed by atoms with Gasteiger partial charge in [0, 0.05) is 27.6 Å². The van der Waals surface area contributed by atoms with E-state index in [2.05, 4.69) is 0 Å². The molecular formula is C7H13N3O7. The second-order valence-electron chi connectivity index (χ2n) is 3.68. The normalized spacial score (nSPS) is 13.9. The van der Waals surface area contributed by atoms with E-state index < -0.39 is 46.4 Å². The smallest absolute Gasteiger partial charge is 0.232 e. The molecule has 98 valence electrons. The number of rotatable bonds is 9. The summed E-state index contributed by atoms with van der Waals surface area (Å²) in [5.74, 6) is 0. The van der Waals surface area contributed by atoms with E-state index in [1.165, 1.54) is 0 Å². The lowest BCUT2D eigenvalue weighted by Crippen LogP contribution is -2.39. The summed E-state index contributed by atoms with van der Waals surface area (Å²) >= 11 is 0. The van der Waals surface area contributed by atoms with E-state index in [0.29, 0.717) is 0 Å². The van der Waals surface area contributed by atoms with Gasteiger partial charge in [-0.05, 0) is 6.42 Å². The van der Waals surface area contributed by atoms with Crippen LogP contribution in [-0.4, -0.2) is 45.1 Å². The summed E-state index contributed by atoms with van der Waals surface area (Å²) in [5.41, 5.74) is -1.85. The minimum Gasteiger partial charge on any atom is -0.383 e. The van der Waals surface area contributed by atoms with Crippen LogP contribution in [-0.2, 0) is 0 Å². The van der Waals surface area contributed by atoms with Gasteiger partial charge >= 0.3 is 0 Å². The molecule has 0 heterocycles. The Morgan fingerprint density at radius 2 is 1.41 bits per heavy atom. The number of nitro groups is 3. The maximum Gasteiger partial charge on any atom is 0.232 e. The average molecular weight is 251 g/mol. The Bertz CT molecular complexity index is 308. The Balaban J connectivity index is 4.32. The lowest BCUT2D eigenvalue weighted by molar-refractivity contribution is -0.514. The molecule has 10 heteroatoms. The van der Waals surface area contributed by atoms with Gasteiger partial charge in [0.25, 0.3) is 0 Å². The first-order valence-electron chi connectivity index (χ1n) is 4.83. The number of aliphatic hydroxyl groups is 1. The van der Waals surface area contributed by atoms with Crippen molar-refractivity contribution in [3.8, 4) is 0 Å². The summed E-state index contributed by atoms with van der Waals surface area (Å²) in [6.45, 7) is -1.89. The van der Waals surface area contributed by atoms with Crippen LogP contribution in [0.1, 0.15) is 19.3 Å². The van der Waals surface area contributed by atoms with Gasteiger partial charge in [-0.3, -0.25) is 30.3 Å². The third kappa shape index (κ3) is 8.02. The molecule has 0 aliphatic rings. The van der Waals surface area contributed by atoms with Gasteiger partial charge in [0.1, 0.15) is 5.60 Å². The molecule has 0 bridgehead atoms. The van der Waals surface area contributed by atoms with Crippen molar-refractivity contribution >= 4 is 0 Å². The third-order valence-electron chi connectivity index (χ3n) is 2.17. The largest absolute Gasteiger partial charge is 0.383 e. The van der Waals surface area contributed by atoms with E-state index >= 15 is 0 Å². The topological polar surface area (TPSA) is 150 Å². The van der Waals surface area contributed by atoms with Crippen LogP contribution in [0.2, 0.25) is 0 Å². The highest BCUT2D eigenvalue weighted by atomic mass is 16.6. The van der Waals surface area contributed by atoms with Crippen molar-refractivity contribution < 1.29 is 19.9 Å². The van der Waals surface area contributed by atoms with Crippen LogP contribution in [0.15, 0.2) is 0 Å². The third-order valence-corrected chi connectivity index (χ3v) is 2.17. The van der Waals surface area contributed by atoms with Crippen LogP contribution in [0.25, 0.3) is 0 Å². The van der Waals surface area contributed by atoms with Gasteiger partial charge in [-0.2, -0.15) is 0 Å². The minimum absolute atomic E-state index is 0.0605. The van der Waals surface area contributed by atoms with Gasteiger partial charge in [-0.1, -0.05) is 0 Å². The zero-order valence-electron chi connectivity index (χ0n) is 8.98. The van der Waals surface area contributed by atoms with Gasteiger partial charge in [-0.15, -0.1) is 0 Å². The van der Waals surface area contributed by atoms with Gasteiger partial charge in [0.15, 0.2) is 0 Å². The highest BCUT2D eigenvalue weighted by molar-refractivity contribution is 4.77. The zero-order chi connectivity index (χ0) is 13.5. The molecule has 0 aliphatic carbocycles. The van der Waals surface area contributed by atoms with Gasteiger partial charge < -0.3 is 5.11 Å². The van der Waals surface area contributed by atoms with Crippen molar-refractivity contribution in [1.29, 1.82) is 0 Å². The second kappa shape index (κ2) is 6.68. The molecule has 0 aromatic carbocycles. The fraction of sp³-hybridized carbons (Fsp3) is 1.00. The highest BCUT2D eigenvalue weighted by Gasteiger charge is 2.34. The average Bonchev–Trinajstić information content (AvgIpc) is 2.13. The zero-order valence-corrected chi connectivity index (χ0v) is 8.98. The highest BCUT2D eigenvalue weighted by Crippen LogP contribution is 2.18. The van der Waals surface area contributed by atoms with Gasteiger partial charge in [0.2, 0.25) is 19.6 Å². The first-order valence-corrected chi connectivity index (χ1v) is 4.83. The van der Waals surface area contributed by atoms with Crippen LogP contribution in [0.5, 0.6) is 0 Å². The monoisotopic (exact) mass is 251 g/mol. The molecular weight excluding hydrogens is 238 g/mol. The van der Waals surface area contributed by atoms with E-state index in [4.69, 9.17) is 0 Å². The first kappa shape index (κ1) is 15.2. The molecule has 0 rings (SSSR count). The minimum atomic E-state index is -1.85. The van der Waals surface area contributed by atoms with Crippen LogP contribution in [0.3, 0.4) is 0 Å². The molecule has 0 aromatic heterocycles. The quantitative estimate of drug-likeness (QED) is 0.437. The number of hydrogen-bond donors (Lipinski definition) is 1. The number of hydrogen-bond acceptors (Lipinski definition) is 7. The van der Waals surface area contributed by atoms with Gasteiger partial charge in [-0.25, -0.2) is 0 Å². The molecule has 1 unspecified atom stereocenters. The fourth-order valence-corrected chi connectivity index (χ4v) is 1.36. The van der Waals surface area contributed by atoms with Gasteiger partial charge in [0.05, 0.1) is 0 Å². The Kier molecular flexibility index (Phi) is 5.96. The summed E-state index contributed by atoms with van der Waals surface area (Å²) < 4.78 is 0. The van der Waals surface area contributed by atoms with E-state index in [0.717, 1.165) is 0 Å². The van der Waals surface area contributed by atoms with Crippen molar-refractivity contribution in [2.45, 2.75) is 24.9 Å². The van der Waals surface area contributed by atoms with Crippen LogP contribution >= 0.6 is 0 Å². The molecule has 0 aromatic rings. The molecule has 0 radical (unpaired) electrons. The SMILES string of the molecule is O=[N+]([O-])CCCC(O)(CC[N+](=O)[O-])C[N+](=O)[O-]. The van der Waals surface area contributed by atoms with E-state index in [-0.39, 0.29) is 12.8 Å². The van der Waals surface area contributed by atoms with E-state index in [1.54, 1.807) is 0 Å². The maximum atomic E-state index is 10.3. The van der Waals surface area contributed by atoms with Crippen molar-refractivity contribution in [1.82, 2.24) is 0 Å². The Morgan fingerprint density at radius 3 is 1.82 bits per heavy atom. The van der Waals surface area contributed by atoms with Crippen molar-refractivity contribution in [2.24, 2.45) is 0 Å². The summed E-state index contributed by atoms with van der Waals surface area (Å²) in [6.07, 6.45) is -0.656. The van der Waals surface area contributed by atoms with Crippen molar-refractivity contribution in [3.63, 3.8) is 0 Å². The Labute approximate surface area is 95.7 Å². The lowest BCUT2D eigenvalue weighted by atomic mass is 9.94. The molecule has 0 saturated carbocycles. The van der Waals surface area contributed by atoms with Crippen LogP contribution in [0.4, 0.5) is 0 Å². The molecule has 1 N–H and O–H groups in total. The van der Waals surface area contributed by atoms with Crippen molar-refractivity contribution in [3.05, 3.63) is 30.3 Å². The standard InChI is InChI=1S/C7H13N3O7/c11-7(6-10(16)17,3-5-9(14)15)2-1-4-8(12)13/h11H,1-6H2. The fourth-order valence-electron chi connectivity index (χ4n) is 1.36. The maximum absolute atomic E-state index is 10.3. The predicted molar refractivity (Wildman–Crippen MR) is 54.4 cm³/mol. The summed E-state index contributed by atoms with van der Waals surface area (Å²) in [6, 6.07) is 0. The molecule has 0 aliphatic heterocycles. The first-order chi connectivity index (χ1) is 7.75. The molecule has 0 fully saturated rings. The summed E-state index contributed by atoms with van der Waals surface area (Å²) in [4.78, 5) is 28.4.